The lowest BCUT2D eigenvalue weighted by atomic mass is 10.2. The molecule has 1 aromatic heterocycles. The lowest BCUT2D eigenvalue weighted by Gasteiger charge is -2.21. The summed E-state index contributed by atoms with van der Waals surface area (Å²) in [5.74, 6) is 4.10. The maximum absolute atomic E-state index is 12.4. The molecule has 1 saturated heterocycles. The van der Waals surface area contributed by atoms with Crippen LogP contribution in [0, 0.1) is 0 Å². The lowest BCUT2D eigenvalue weighted by molar-refractivity contribution is 0.0954. The summed E-state index contributed by atoms with van der Waals surface area (Å²) in [4.78, 5) is 16.7. The Morgan fingerprint density at radius 2 is 2.38 bits per heavy atom. The highest BCUT2D eigenvalue weighted by atomic mass is 79.9. The minimum atomic E-state index is -0.0569. The van der Waals surface area contributed by atoms with Gasteiger partial charge in [0.2, 0.25) is 0 Å². The van der Waals surface area contributed by atoms with Gasteiger partial charge in [0.25, 0.3) is 5.91 Å². The number of anilines is 1. The Morgan fingerprint density at radius 3 is 3.10 bits per heavy atom. The van der Waals surface area contributed by atoms with Crippen LogP contribution in [0.1, 0.15) is 23.7 Å². The topological polar surface area (TPSA) is 54.0 Å². The standard InChI is InChI=1S/C14H20BrN3OS2/c1-2-3-16-13-12(6-10(15)7-17-13)14(19)18-8-11-9-20-4-5-21-11/h6-7,11H,2-5,8-9H2,1H3,(H,16,17)(H,18,19). The molecular formula is C14H20BrN3OS2. The molecule has 1 unspecified atom stereocenters. The lowest BCUT2D eigenvalue weighted by Crippen LogP contribution is -2.34. The second kappa shape index (κ2) is 8.90. The Labute approximate surface area is 142 Å². The highest BCUT2D eigenvalue weighted by Gasteiger charge is 2.18. The maximum Gasteiger partial charge on any atom is 0.255 e. The van der Waals surface area contributed by atoms with Gasteiger partial charge in [-0.3, -0.25) is 4.79 Å². The molecule has 0 saturated carbocycles. The first kappa shape index (κ1) is 17.0. The largest absolute Gasteiger partial charge is 0.369 e. The van der Waals surface area contributed by atoms with Gasteiger partial charge in [-0.15, -0.1) is 0 Å². The Hall–Kier alpha value is -0.400. The van der Waals surface area contributed by atoms with Gasteiger partial charge < -0.3 is 10.6 Å². The van der Waals surface area contributed by atoms with Gasteiger partial charge in [-0.05, 0) is 28.4 Å². The van der Waals surface area contributed by atoms with Crippen LogP contribution in [0.25, 0.3) is 0 Å². The molecule has 1 fully saturated rings. The number of nitrogens with zero attached hydrogens (tertiary/aromatic N) is 1. The minimum absolute atomic E-state index is 0.0569. The van der Waals surface area contributed by atoms with Crippen LogP contribution in [0.15, 0.2) is 16.7 Å². The van der Waals surface area contributed by atoms with Crippen LogP contribution < -0.4 is 10.6 Å². The minimum Gasteiger partial charge on any atom is -0.369 e. The van der Waals surface area contributed by atoms with Gasteiger partial charge in [0, 0.05) is 46.3 Å². The van der Waals surface area contributed by atoms with E-state index in [0.717, 1.165) is 29.7 Å². The van der Waals surface area contributed by atoms with Gasteiger partial charge in [-0.1, -0.05) is 6.92 Å². The molecule has 0 spiro atoms. The molecule has 2 rings (SSSR count). The number of hydrogen-bond donors (Lipinski definition) is 2. The fourth-order valence-electron chi connectivity index (χ4n) is 1.95. The smallest absolute Gasteiger partial charge is 0.255 e. The van der Waals surface area contributed by atoms with E-state index in [2.05, 4.69) is 38.5 Å². The zero-order chi connectivity index (χ0) is 15.1. The van der Waals surface area contributed by atoms with E-state index in [1.165, 1.54) is 11.5 Å². The fraction of sp³-hybridized carbons (Fsp3) is 0.571. The number of hydrogen-bond acceptors (Lipinski definition) is 5. The second-order valence-electron chi connectivity index (χ2n) is 4.75. The number of aromatic nitrogens is 1. The normalized spacial score (nSPS) is 18.3. The third-order valence-electron chi connectivity index (χ3n) is 3.02. The molecule has 1 aliphatic heterocycles. The summed E-state index contributed by atoms with van der Waals surface area (Å²) in [6.07, 6.45) is 2.71. The second-order valence-corrected chi connectivity index (χ2v) is 8.23. The van der Waals surface area contributed by atoms with Crippen molar-refractivity contribution in [2.75, 3.05) is 35.7 Å². The first-order chi connectivity index (χ1) is 10.2. The summed E-state index contributed by atoms with van der Waals surface area (Å²) in [7, 11) is 0. The molecule has 4 nitrogen and oxygen atoms in total. The Morgan fingerprint density at radius 1 is 1.52 bits per heavy atom. The van der Waals surface area contributed by atoms with Crippen molar-refractivity contribution < 1.29 is 4.79 Å². The van der Waals surface area contributed by atoms with Gasteiger partial charge in [0.15, 0.2) is 0 Å². The van der Waals surface area contributed by atoms with E-state index >= 15 is 0 Å². The van der Waals surface area contributed by atoms with E-state index in [1.54, 1.807) is 6.20 Å². The molecule has 0 bridgehead atoms. The van der Waals surface area contributed by atoms with Crippen LogP contribution in [0.3, 0.4) is 0 Å². The van der Waals surface area contributed by atoms with Gasteiger partial charge in [-0.2, -0.15) is 23.5 Å². The number of pyridine rings is 1. The highest BCUT2D eigenvalue weighted by molar-refractivity contribution is 9.10. The van der Waals surface area contributed by atoms with Gasteiger partial charge in [-0.25, -0.2) is 4.98 Å². The predicted octanol–water partition coefficient (Wildman–Crippen LogP) is 3.24. The maximum atomic E-state index is 12.4. The molecule has 1 aromatic rings. The number of halogens is 1. The van der Waals surface area contributed by atoms with Gasteiger partial charge in [0.05, 0.1) is 5.56 Å². The fourth-order valence-corrected chi connectivity index (χ4v) is 4.90. The molecule has 21 heavy (non-hydrogen) atoms. The molecule has 1 aliphatic rings. The summed E-state index contributed by atoms with van der Waals surface area (Å²) in [5, 5.41) is 6.76. The first-order valence-corrected chi connectivity index (χ1v) is 10.1. The number of carbonyl (C=O) groups excluding carboxylic acids is 1. The summed E-state index contributed by atoms with van der Waals surface area (Å²) < 4.78 is 0.817. The van der Waals surface area contributed by atoms with Crippen LogP contribution in [0.5, 0.6) is 0 Å². The number of amides is 1. The van der Waals surface area contributed by atoms with E-state index in [0.29, 0.717) is 16.6 Å². The van der Waals surface area contributed by atoms with Crippen LogP contribution in [-0.2, 0) is 0 Å². The van der Waals surface area contributed by atoms with Gasteiger partial charge in [0.1, 0.15) is 5.82 Å². The quantitative estimate of drug-likeness (QED) is 0.781. The average molecular weight is 390 g/mol. The average Bonchev–Trinajstić information content (AvgIpc) is 2.52. The van der Waals surface area contributed by atoms with Gasteiger partial charge >= 0.3 is 0 Å². The summed E-state index contributed by atoms with van der Waals surface area (Å²) in [5.41, 5.74) is 0.603. The molecule has 1 amide bonds. The zero-order valence-electron chi connectivity index (χ0n) is 12.0. The molecule has 7 heteroatoms. The van der Waals surface area contributed by atoms with Crippen molar-refractivity contribution in [2.45, 2.75) is 18.6 Å². The molecule has 0 aromatic carbocycles. The SMILES string of the molecule is CCCNc1ncc(Br)cc1C(=O)NCC1CSCCS1. The summed E-state index contributed by atoms with van der Waals surface area (Å²) >= 11 is 7.29. The molecule has 1 atom stereocenters. The monoisotopic (exact) mass is 389 g/mol. The highest BCUT2D eigenvalue weighted by Crippen LogP contribution is 2.23. The Kier molecular flexibility index (Phi) is 7.19. The Bertz CT molecular complexity index is 481. The molecule has 116 valence electrons. The van der Waals surface area contributed by atoms with Crippen LogP contribution in [-0.4, -0.2) is 46.5 Å². The molecule has 2 heterocycles. The third kappa shape index (κ3) is 5.38. The molecule has 0 aliphatic carbocycles. The van der Waals surface area contributed by atoms with E-state index in [-0.39, 0.29) is 5.91 Å². The molecule has 2 N–H and O–H groups in total. The van der Waals surface area contributed by atoms with Crippen molar-refractivity contribution in [2.24, 2.45) is 0 Å². The van der Waals surface area contributed by atoms with Crippen molar-refractivity contribution in [1.29, 1.82) is 0 Å². The zero-order valence-corrected chi connectivity index (χ0v) is 15.2. The van der Waals surface area contributed by atoms with Crippen molar-refractivity contribution in [3.05, 3.63) is 22.3 Å². The number of carbonyl (C=O) groups is 1. The van der Waals surface area contributed by atoms with Crippen LogP contribution in [0.4, 0.5) is 5.82 Å². The predicted molar refractivity (Wildman–Crippen MR) is 96.6 cm³/mol. The molecule has 0 radical (unpaired) electrons. The first-order valence-electron chi connectivity index (χ1n) is 7.07. The van der Waals surface area contributed by atoms with Crippen LogP contribution in [0.2, 0.25) is 0 Å². The third-order valence-corrected chi connectivity index (χ3v) is 6.30. The van der Waals surface area contributed by atoms with E-state index in [4.69, 9.17) is 0 Å². The number of rotatable bonds is 6. The van der Waals surface area contributed by atoms with E-state index in [1.807, 2.05) is 29.6 Å². The Balaban J connectivity index is 1.97. The number of nitrogens with one attached hydrogen (secondary N) is 2. The van der Waals surface area contributed by atoms with E-state index in [9.17, 15) is 4.79 Å². The molecular weight excluding hydrogens is 370 g/mol. The summed E-state index contributed by atoms with van der Waals surface area (Å²) in [6.45, 7) is 3.61. The van der Waals surface area contributed by atoms with Crippen molar-refractivity contribution in [3.63, 3.8) is 0 Å². The van der Waals surface area contributed by atoms with Crippen molar-refractivity contribution >= 4 is 51.2 Å². The van der Waals surface area contributed by atoms with E-state index < -0.39 is 0 Å². The van der Waals surface area contributed by atoms with Crippen molar-refractivity contribution in [1.82, 2.24) is 10.3 Å². The van der Waals surface area contributed by atoms with Crippen LogP contribution >= 0.6 is 39.5 Å². The van der Waals surface area contributed by atoms with Crippen molar-refractivity contribution in [3.8, 4) is 0 Å². The number of thioether (sulfide) groups is 2. The summed E-state index contributed by atoms with van der Waals surface area (Å²) in [6, 6.07) is 1.82.